The predicted molar refractivity (Wildman–Crippen MR) is 99.1 cm³/mol. The Labute approximate surface area is 147 Å². The number of nitro groups is 1. The van der Waals surface area contributed by atoms with Gasteiger partial charge >= 0.3 is 0 Å². The molecular weight excluding hydrogens is 312 g/mol. The van der Waals surface area contributed by atoms with Gasteiger partial charge in [0, 0.05) is 30.8 Å². The van der Waals surface area contributed by atoms with Crippen LogP contribution in [0, 0.1) is 10.1 Å². The van der Waals surface area contributed by atoms with Gasteiger partial charge in [-0.05, 0) is 36.0 Å². The monoisotopic (exact) mass is 334 g/mol. The highest BCUT2D eigenvalue weighted by atomic mass is 16.6. The summed E-state index contributed by atoms with van der Waals surface area (Å²) in [7, 11) is 0. The number of rotatable bonds is 4. The molecule has 128 valence electrons. The third-order valence-corrected chi connectivity index (χ3v) is 5.42. The molecule has 25 heavy (non-hydrogen) atoms. The first-order valence-corrected chi connectivity index (χ1v) is 8.96. The normalized spacial score (nSPS) is 23.1. The molecule has 0 amide bonds. The quantitative estimate of drug-likeness (QED) is 0.596. The van der Waals surface area contributed by atoms with Crippen molar-refractivity contribution in [3.63, 3.8) is 0 Å². The maximum atomic E-state index is 11.1. The summed E-state index contributed by atoms with van der Waals surface area (Å²) in [5, 5.41) is 11.1. The number of non-ortho nitro benzene ring substituents is 1. The maximum absolute atomic E-state index is 11.1. The van der Waals surface area contributed by atoms with E-state index in [2.05, 4.69) is 41.3 Å². The lowest BCUT2D eigenvalue weighted by atomic mass is 9.82. The van der Waals surface area contributed by atoms with Crippen molar-refractivity contribution in [3.05, 3.63) is 81.9 Å². The lowest BCUT2D eigenvalue weighted by Crippen LogP contribution is -2.47. The zero-order valence-corrected chi connectivity index (χ0v) is 14.2. The van der Waals surface area contributed by atoms with Crippen LogP contribution in [0.25, 0.3) is 5.57 Å². The second kappa shape index (κ2) is 6.81. The van der Waals surface area contributed by atoms with Gasteiger partial charge in [0.15, 0.2) is 0 Å². The second-order valence-electron chi connectivity index (χ2n) is 7.01. The van der Waals surface area contributed by atoms with Crippen molar-refractivity contribution >= 4 is 11.3 Å². The van der Waals surface area contributed by atoms with E-state index >= 15 is 0 Å². The topological polar surface area (TPSA) is 46.4 Å². The highest BCUT2D eigenvalue weighted by molar-refractivity contribution is 5.69. The van der Waals surface area contributed by atoms with Crippen molar-refractivity contribution in [2.24, 2.45) is 0 Å². The first-order valence-electron chi connectivity index (χ1n) is 8.96. The largest absolute Gasteiger partial charge is 0.289 e. The number of nitrogens with zero attached hydrogens (tertiary/aromatic N) is 2. The van der Waals surface area contributed by atoms with E-state index in [9.17, 15) is 10.1 Å². The van der Waals surface area contributed by atoms with Gasteiger partial charge in [-0.1, -0.05) is 55.0 Å². The molecule has 2 atom stereocenters. The van der Waals surface area contributed by atoms with Gasteiger partial charge in [-0.2, -0.15) is 0 Å². The molecule has 0 radical (unpaired) electrons. The lowest BCUT2D eigenvalue weighted by molar-refractivity contribution is -0.384. The first-order chi connectivity index (χ1) is 12.2. The molecule has 0 N–H and O–H groups in total. The van der Waals surface area contributed by atoms with Crippen LogP contribution < -0.4 is 0 Å². The molecule has 1 fully saturated rings. The summed E-state index contributed by atoms with van der Waals surface area (Å²) in [6.45, 7) is 0.981. The molecule has 4 nitrogen and oxygen atoms in total. The molecular formula is C21H22N2O2. The minimum absolute atomic E-state index is 0.176. The zero-order valence-electron chi connectivity index (χ0n) is 14.2. The summed E-state index contributed by atoms with van der Waals surface area (Å²) in [5.41, 5.74) is 3.80. The molecule has 2 bridgehead atoms. The Morgan fingerprint density at radius 1 is 1.08 bits per heavy atom. The Kier molecular flexibility index (Phi) is 4.36. The molecule has 0 aliphatic carbocycles. The molecule has 0 saturated carbocycles. The summed E-state index contributed by atoms with van der Waals surface area (Å²) in [6.07, 6.45) is 6.96. The van der Waals surface area contributed by atoms with Crippen molar-refractivity contribution in [3.8, 4) is 0 Å². The highest BCUT2D eigenvalue weighted by Crippen LogP contribution is 2.38. The molecule has 1 saturated heterocycles. The average Bonchev–Trinajstić information content (AvgIpc) is 2.62. The van der Waals surface area contributed by atoms with E-state index in [0.717, 1.165) is 18.5 Å². The van der Waals surface area contributed by atoms with E-state index in [1.54, 1.807) is 18.2 Å². The fourth-order valence-electron chi connectivity index (χ4n) is 4.19. The molecule has 2 aromatic carbocycles. The van der Waals surface area contributed by atoms with Crippen molar-refractivity contribution < 1.29 is 4.92 Å². The van der Waals surface area contributed by atoms with E-state index in [0.29, 0.717) is 12.1 Å². The number of hydrogen-bond donors (Lipinski definition) is 0. The molecule has 0 spiro atoms. The Morgan fingerprint density at radius 2 is 1.92 bits per heavy atom. The number of benzene rings is 2. The molecule has 4 heteroatoms. The number of piperidine rings is 1. The van der Waals surface area contributed by atoms with Crippen LogP contribution in [0.2, 0.25) is 0 Å². The summed E-state index contributed by atoms with van der Waals surface area (Å²) in [6, 6.07) is 18.7. The predicted octanol–water partition coefficient (Wildman–Crippen LogP) is 4.81. The maximum Gasteiger partial charge on any atom is 0.270 e. The van der Waals surface area contributed by atoms with Crippen LogP contribution in [0.5, 0.6) is 0 Å². The summed E-state index contributed by atoms with van der Waals surface area (Å²) < 4.78 is 0. The van der Waals surface area contributed by atoms with Gasteiger partial charge in [-0.25, -0.2) is 0 Å². The standard InChI is InChI=1S/C21H22N2O2/c24-23(25)21-11-4-8-17(12-21)18-13-19-9-5-10-20(14-18)22(19)15-16-6-2-1-3-7-16/h1-4,6-8,11-13,19-20H,5,9-10,14-15H2. The minimum Gasteiger partial charge on any atom is -0.289 e. The van der Waals surface area contributed by atoms with Crippen LogP contribution in [-0.4, -0.2) is 21.9 Å². The Balaban J connectivity index is 1.61. The number of fused-ring (bicyclic) bond motifs is 2. The Hall–Kier alpha value is -2.46. The van der Waals surface area contributed by atoms with Gasteiger partial charge in [0.1, 0.15) is 0 Å². The van der Waals surface area contributed by atoms with E-state index in [-0.39, 0.29) is 10.6 Å². The lowest BCUT2D eigenvalue weighted by Gasteiger charge is -2.45. The van der Waals surface area contributed by atoms with E-state index in [4.69, 9.17) is 0 Å². The second-order valence-corrected chi connectivity index (χ2v) is 7.01. The SMILES string of the molecule is O=[N+]([O-])c1cccc(C2=CC3CCCC(C2)N3Cc2ccccc2)c1. The molecule has 2 aliphatic rings. The van der Waals surface area contributed by atoms with Crippen LogP contribution in [-0.2, 0) is 6.54 Å². The minimum atomic E-state index is -0.310. The van der Waals surface area contributed by atoms with Crippen molar-refractivity contribution in [1.29, 1.82) is 0 Å². The van der Waals surface area contributed by atoms with Crippen LogP contribution in [0.1, 0.15) is 36.8 Å². The summed E-state index contributed by atoms with van der Waals surface area (Å²) in [4.78, 5) is 13.4. The molecule has 2 aliphatic heterocycles. The van der Waals surface area contributed by atoms with Crippen LogP contribution in [0.3, 0.4) is 0 Å². The fraction of sp³-hybridized carbons (Fsp3) is 0.333. The molecule has 0 aromatic heterocycles. The summed E-state index contributed by atoms with van der Waals surface area (Å²) >= 11 is 0. The third kappa shape index (κ3) is 3.35. The van der Waals surface area contributed by atoms with Gasteiger partial charge in [0.05, 0.1) is 4.92 Å². The van der Waals surface area contributed by atoms with Crippen molar-refractivity contribution in [1.82, 2.24) is 4.90 Å². The average molecular weight is 334 g/mol. The fourth-order valence-corrected chi connectivity index (χ4v) is 4.19. The highest BCUT2D eigenvalue weighted by Gasteiger charge is 2.34. The van der Waals surface area contributed by atoms with Gasteiger partial charge in [0.2, 0.25) is 0 Å². The van der Waals surface area contributed by atoms with E-state index in [1.165, 1.54) is 30.4 Å². The van der Waals surface area contributed by atoms with Gasteiger partial charge in [0.25, 0.3) is 5.69 Å². The molecule has 2 unspecified atom stereocenters. The number of nitro benzene ring substituents is 1. The zero-order chi connectivity index (χ0) is 17.2. The first kappa shape index (κ1) is 16.0. The Morgan fingerprint density at radius 3 is 2.68 bits per heavy atom. The van der Waals surface area contributed by atoms with E-state index < -0.39 is 0 Å². The van der Waals surface area contributed by atoms with Gasteiger partial charge in [-0.3, -0.25) is 15.0 Å². The summed E-state index contributed by atoms with van der Waals surface area (Å²) in [5.74, 6) is 0. The molecule has 2 heterocycles. The van der Waals surface area contributed by atoms with Gasteiger partial charge < -0.3 is 0 Å². The molecule has 2 aromatic rings. The van der Waals surface area contributed by atoms with Crippen LogP contribution in [0.4, 0.5) is 5.69 Å². The smallest absolute Gasteiger partial charge is 0.270 e. The number of hydrogen-bond acceptors (Lipinski definition) is 3. The van der Waals surface area contributed by atoms with Crippen molar-refractivity contribution in [2.45, 2.75) is 44.3 Å². The van der Waals surface area contributed by atoms with Crippen molar-refractivity contribution in [2.75, 3.05) is 0 Å². The molecule has 4 rings (SSSR count). The van der Waals surface area contributed by atoms with E-state index in [1.807, 2.05) is 6.07 Å². The van der Waals surface area contributed by atoms with Gasteiger partial charge in [-0.15, -0.1) is 0 Å². The third-order valence-electron chi connectivity index (χ3n) is 5.42. The van der Waals surface area contributed by atoms with Crippen LogP contribution >= 0.6 is 0 Å². The van der Waals surface area contributed by atoms with Crippen LogP contribution in [0.15, 0.2) is 60.7 Å². The Bertz CT molecular complexity index is 801.